The van der Waals surface area contributed by atoms with Gasteiger partial charge in [-0.25, -0.2) is 0 Å². The largest absolute Gasteiger partial charge is 0.352 e. The van der Waals surface area contributed by atoms with Gasteiger partial charge in [-0.3, -0.25) is 9.69 Å². The van der Waals surface area contributed by atoms with Crippen LogP contribution in [0.15, 0.2) is 0 Å². The molecule has 1 unspecified atom stereocenters. The first-order valence-corrected chi connectivity index (χ1v) is 7.71. The Morgan fingerprint density at radius 2 is 1.83 bits per heavy atom. The Kier molecular flexibility index (Phi) is 5.04. The molecule has 1 heterocycles. The average Bonchev–Trinajstić information content (AvgIpc) is 2.40. The monoisotopic (exact) mass is 252 g/mol. The van der Waals surface area contributed by atoms with Crippen molar-refractivity contribution < 1.29 is 4.79 Å². The Hall–Kier alpha value is -0.570. The fraction of sp³-hybridized carbons (Fsp3) is 0.933. The van der Waals surface area contributed by atoms with Crippen LogP contribution in [0.25, 0.3) is 0 Å². The molecule has 0 aromatic heterocycles. The molecule has 0 radical (unpaired) electrons. The highest BCUT2D eigenvalue weighted by Gasteiger charge is 2.27. The molecule has 3 nitrogen and oxygen atoms in total. The van der Waals surface area contributed by atoms with Gasteiger partial charge in [-0.05, 0) is 32.2 Å². The van der Waals surface area contributed by atoms with Crippen molar-refractivity contribution >= 4 is 5.91 Å². The number of nitrogens with zero attached hydrogens (tertiary/aromatic N) is 1. The molecule has 1 N–H and O–H groups in total. The lowest BCUT2D eigenvalue weighted by molar-refractivity contribution is -0.125. The zero-order valence-corrected chi connectivity index (χ0v) is 12.0. The number of nitrogens with one attached hydrogen (secondary N) is 1. The van der Waals surface area contributed by atoms with E-state index in [-0.39, 0.29) is 11.8 Å². The number of rotatable bonds is 3. The van der Waals surface area contributed by atoms with Crippen molar-refractivity contribution in [1.29, 1.82) is 0 Å². The summed E-state index contributed by atoms with van der Waals surface area (Å²) < 4.78 is 0. The van der Waals surface area contributed by atoms with E-state index >= 15 is 0 Å². The van der Waals surface area contributed by atoms with Crippen molar-refractivity contribution in [1.82, 2.24) is 10.2 Å². The van der Waals surface area contributed by atoms with Crippen molar-refractivity contribution in [2.24, 2.45) is 5.92 Å². The lowest BCUT2D eigenvalue weighted by Crippen LogP contribution is -2.52. The van der Waals surface area contributed by atoms with Gasteiger partial charge >= 0.3 is 0 Å². The third-order valence-corrected chi connectivity index (χ3v) is 4.41. The van der Waals surface area contributed by atoms with E-state index in [4.69, 9.17) is 0 Å². The quantitative estimate of drug-likeness (QED) is 0.837. The molecule has 3 heteroatoms. The normalized spacial score (nSPS) is 27.4. The van der Waals surface area contributed by atoms with Crippen LogP contribution < -0.4 is 5.32 Å². The number of carbonyl (C=O) groups is 1. The standard InChI is InChI=1S/C15H28N2O/c1-12(2)15(18)16-13-7-6-10-17(11-13)14-8-4-3-5-9-14/h12-14H,3-11H2,1-2H3,(H,16,18). The summed E-state index contributed by atoms with van der Waals surface area (Å²) in [5.41, 5.74) is 0. The van der Waals surface area contributed by atoms with Gasteiger partial charge in [0.05, 0.1) is 0 Å². The third-order valence-electron chi connectivity index (χ3n) is 4.41. The van der Waals surface area contributed by atoms with Gasteiger partial charge in [-0.1, -0.05) is 33.1 Å². The van der Waals surface area contributed by atoms with E-state index in [1.807, 2.05) is 13.8 Å². The highest BCUT2D eigenvalue weighted by atomic mass is 16.1. The Balaban J connectivity index is 1.82. The maximum absolute atomic E-state index is 11.8. The first kappa shape index (κ1) is 13.9. The zero-order valence-electron chi connectivity index (χ0n) is 12.0. The van der Waals surface area contributed by atoms with E-state index in [0.717, 1.165) is 19.0 Å². The molecule has 0 aromatic rings. The van der Waals surface area contributed by atoms with Gasteiger partial charge < -0.3 is 5.32 Å². The smallest absolute Gasteiger partial charge is 0.222 e. The van der Waals surface area contributed by atoms with Crippen molar-refractivity contribution in [2.45, 2.75) is 70.9 Å². The molecule has 104 valence electrons. The minimum atomic E-state index is 0.107. The number of hydrogen-bond acceptors (Lipinski definition) is 2. The third kappa shape index (κ3) is 3.71. The minimum absolute atomic E-state index is 0.107. The van der Waals surface area contributed by atoms with E-state index in [9.17, 15) is 4.79 Å². The number of amides is 1. The van der Waals surface area contributed by atoms with Crippen LogP contribution >= 0.6 is 0 Å². The van der Waals surface area contributed by atoms with Crippen LogP contribution in [0.4, 0.5) is 0 Å². The highest BCUT2D eigenvalue weighted by Crippen LogP contribution is 2.25. The molecule has 18 heavy (non-hydrogen) atoms. The molecule has 1 aliphatic carbocycles. The highest BCUT2D eigenvalue weighted by molar-refractivity contribution is 5.78. The summed E-state index contributed by atoms with van der Waals surface area (Å²) in [6, 6.07) is 1.17. The summed E-state index contributed by atoms with van der Waals surface area (Å²) in [5, 5.41) is 3.21. The topological polar surface area (TPSA) is 32.3 Å². The Labute approximate surface area is 111 Å². The van der Waals surface area contributed by atoms with Gasteiger partial charge in [0.2, 0.25) is 5.91 Å². The predicted molar refractivity (Wildman–Crippen MR) is 74.4 cm³/mol. The minimum Gasteiger partial charge on any atom is -0.352 e. The van der Waals surface area contributed by atoms with E-state index in [2.05, 4.69) is 10.2 Å². The maximum Gasteiger partial charge on any atom is 0.222 e. The Morgan fingerprint density at radius 1 is 1.11 bits per heavy atom. The molecule has 0 spiro atoms. The fourth-order valence-electron chi connectivity index (χ4n) is 3.27. The molecule has 1 amide bonds. The van der Waals surface area contributed by atoms with Crippen LogP contribution in [0.5, 0.6) is 0 Å². The molecule has 2 rings (SSSR count). The molecule has 1 saturated carbocycles. The van der Waals surface area contributed by atoms with Gasteiger partial charge in [0.1, 0.15) is 0 Å². The molecular weight excluding hydrogens is 224 g/mol. The summed E-state index contributed by atoms with van der Waals surface area (Å²) in [6.07, 6.45) is 9.32. The maximum atomic E-state index is 11.8. The van der Waals surface area contributed by atoms with Crippen molar-refractivity contribution in [3.05, 3.63) is 0 Å². The number of hydrogen-bond donors (Lipinski definition) is 1. The first-order valence-electron chi connectivity index (χ1n) is 7.71. The Bertz CT molecular complexity index is 272. The van der Waals surface area contributed by atoms with Gasteiger partial charge in [-0.15, -0.1) is 0 Å². The van der Waals surface area contributed by atoms with Crippen LogP contribution in [0.1, 0.15) is 58.8 Å². The second kappa shape index (κ2) is 6.55. The van der Waals surface area contributed by atoms with Gasteiger partial charge in [-0.2, -0.15) is 0 Å². The molecule has 0 aromatic carbocycles. The van der Waals surface area contributed by atoms with Gasteiger partial charge in [0, 0.05) is 24.5 Å². The predicted octanol–water partition coefficient (Wildman–Crippen LogP) is 2.56. The first-order chi connectivity index (χ1) is 8.66. The second-order valence-electron chi connectivity index (χ2n) is 6.29. The van der Waals surface area contributed by atoms with Crippen molar-refractivity contribution in [2.75, 3.05) is 13.1 Å². The van der Waals surface area contributed by atoms with Crippen LogP contribution in [0, 0.1) is 5.92 Å². The molecule has 0 bridgehead atoms. The van der Waals surface area contributed by atoms with Crippen LogP contribution in [-0.2, 0) is 4.79 Å². The summed E-state index contributed by atoms with van der Waals surface area (Å²) in [5.74, 6) is 0.320. The summed E-state index contributed by atoms with van der Waals surface area (Å²) in [6.45, 7) is 6.25. The van der Waals surface area contributed by atoms with Crippen molar-refractivity contribution in [3.63, 3.8) is 0 Å². The molecule has 1 saturated heterocycles. The van der Waals surface area contributed by atoms with E-state index < -0.39 is 0 Å². The SMILES string of the molecule is CC(C)C(=O)NC1CCCN(C2CCCCC2)C1. The zero-order chi connectivity index (χ0) is 13.0. The van der Waals surface area contributed by atoms with Gasteiger partial charge in [0.25, 0.3) is 0 Å². The summed E-state index contributed by atoms with van der Waals surface area (Å²) in [7, 11) is 0. The van der Waals surface area contributed by atoms with Crippen LogP contribution in [0.2, 0.25) is 0 Å². The summed E-state index contributed by atoms with van der Waals surface area (Å²) >= 11 is 0. The molecule has 2 aliphatic rings. The van der Waals surface area contributed by atoms with Crippen LogP contribution in [-0.4, -0.2) is 36.0 Å². The average molecular weight is 252 g/mol. The van der Waals surface area contributed by atoms with E-state index in [1.165, 1.54) is 45.1 Å². The molecular formula is C15H28N2O. The van der Waals surface area contributed by atoms with E-state index in [1.54, 1.807) is 0 Å². The Morgan fingerprint density at radius 3 is 2.50 bits per heavy atom. The molecule has 2 fully saturated rings. The summed E-state index contributed by atoms with van der Waals surface area (Å²) in [4.78, 5) is 14.4. The van der Waals surface area contributed by atoms with E-state index in [0.29, 0.717) is 6.04 Å². The number of piperidine rings is 1. The second-order valence-corrected chi connectivity index (χ2v) is 6.29. The van der Waals surface area contributed by atoms with Gasteiger partial charge in [0.15, 0.2) is 0 Å². The number of carbonyl (C=O) groups excluding carboxylic acids is 1. The molecule has 1 aliphatic heterocycles. The van der Waals surface area contributed by atoms with Crippen LogP contribution in [0.3, 0.4) is 0 Å². The molecule has 1 atom stereocenters. The van der Waals surface area contributed by atoms with Crippen molar-refractivity contribution in [3.8, 4) is 0 Å². The lowest BCUT2D eigenvalue weighted by Gasteiger charge is -2.40. The lowest BCUT2D eigenvalue weighted by atomic mass is 9.92. The fourth-order valence-corrected chi connectivity index (χ4v) is 3.27. The number of likely N-dealkylation sites (tertiary alicyclic amines) is 1.